The summed E-state index contributed by atoms with van der Waals surface area (Å²) in [5.74, 6) is -1.51. The normalized spacial score (nSPS) is 10.4. The van der Waals surface area contributed by atoms with Crippen LogP contribution in [0, 0.1) is 5.82 Å². The van der Waals surface area contributed by atoms with E-state index in [0.29, 0.717) is 5.69 Å². The van der Waals surface area contributed by atoms with E-state index >= 15 is 0 Å². The van der Waals surface area contributed by atoms with Crippen LogP contribution in [0.4, 0.5) is 10.1 Å². The number of hydrogen-bond acceptors (Lipinski definition) is 3. The van der Waals surface area contributed by atoms with Gasteiger partial charge in [0.2, 0.25) is 5.91 Å². The van der Waals surface area contributed by atoms with Gasteiger partial charge in [-0.2, -0.15) is 5.10 Å². The minimum Gasteiger partial charge on any atom is -0.366 e. The Morgan fingerprint density at radius 3 is 2.62 bits per heavy atom. The molecule has 3 aromatic rings. The smallest absolute Gasteiger partial charge is 0.276 e. The summed E-state index contributed by atoms with van der Waals surface area (Å²) < 4.78 is 15.0. The molecule has 0 fully saturated rings. The predicted octanol–water partition coefficient (Wildman–Crippen LogP) is 2.36. The first-order valence-corrected chi connectivity index (χ1v) is 7.06. The van der Waals surface area contributed by atoms with Gasteiger partial charge in [-0.05, 0) is 36.4 Å². The van der Waals surface area contributed by atoms with Crippen molar-refractivity contribution in [3.05, 3.63) is 77.9 Å². The molecule has 0 aliphatic carbocycles. The van der Waals surface area contributed by atoms with Gasteiger partial charge < -0.3 is 11.1 Å². The molecule has 0 atom stereocenters. The van der Waals surface area contributed by atoms with Gasteiger partial charge in [0.05, 0.1) is 0 Å². The molecule has 0 aliphatic heterocycles. The van der Waals surface area contributed by atoms with E-state index in [1.54, 1.807) is 36.4 Å². The molecule has 3 rings (SSSR count). The third kappa shape index (κ3) is 3.14. The largest absolute Gasteiger partial charge is 0.366 e. The van der Waals surface area contributed by atoms with Crippen molar-refractivity contribution in [3.8, 4) is 5.69 Å². The lowest BCUT2D eigenvalue weighted by Gasteiger charge is -2.05. The van der Waals surface area contributed by atoms with E-state index < -0.39 is 17.6 Å². The lowest BCUT2D eigenvalue weighted by atomic mass is 10.2. The number of nitrogens with zero attached hydrogens (tertiary/aromatic N) is 2. The van der Waals surface area contributed by atoms with E-state index in [9.17, 15) is 14.0 Å². The van der Waals surface area contributed by atoms with Crippen LogP contribution in [0.5, 0.6) is 0 Å². The maximum absolute atomic E-state index is 13.7. The van der Waals surface area contributed by atoms with Crippen molar-refractivity contribution in [2.75, 3.05) is 5.32 Å². The Morgan fingerprint density at radius 2 is 1.88 bits per heavy atom. The lowest BCUT2D eigenvalue weighted by molar-refractivity contribution is 0.0995. The molecule has 7 heteroatoms. The van der Waals surface area contributed by atoms with E-state index in [1.807, 2.05) is 0 Å². The van der Waals surface area contributed by atoms with Crippen LogP contribution in [-0.2, 0) is 0 Å². The number of benzene rings is 2. The Kier molecular flexibility index (Phi) is 4.07. The zero-order chi connectivity index (χ0) is 17.1. The van der Waals surface area contributed by atoms with Crippen molar-refractivity contribution in [1.82, 2.24) is 9.78 Å². The summed E-state index contributed by atoms with van der Waals surface area (Å²) in [6.07, 6.45) is 1.49. The number of aromatic nitrogens is 2. The van der Waals surface area contributed by atoms with E-state index in [2.05, 4.69) is 10.4 Å². The van der Waals surface area contributed by atoms with Gasteiger partial charge in [-0.3, -0.25) is 9.59 Å². The molecule has 0 saturated heterocycles. The molecule has 3 N–H and O–H groups in total. The summed E-state index contributed by atoms with van der Waals surface area (Å²) in [6.45, 7) is 0. The molecule has 0 bridgehead atoms. The number of nitrogens with two attached hydrogens (primary N) is 1. The fraction of sp³-hybridized carbons (Fsp3) is 0. The Hall–Kier alpha value is -3.48. The molecule has 0 radical (unpaired) electrons. The van der Waals surface area contributed by atoms with Crippen LogP contribution in [0.3, 0.4) is 0 Å². The van der Waals surface area contributed by atoms with Gasteiger partial charge in [-0.1, -0.05) is 18.2 Å². The molecule has 120 valence electrons. The van der Waals surface area contributed by atoms with Crippen LogP contribution in [0.15, 0.2) is 60.8 Å². The summed E-state index contributed by atoms with van der Waals surface area (Å²) in [7, 11) is 0. The molecule has 1 heterocycles. The Balaban J connectivity index is 1.81. The summed E-state index contributed by atoms with van der Waals surface area (Å²) in [4.78, 5) is 23.4. The number of hydrogen-bond donors (Lipinski definition) is 2. The number of rotatable bonds is 4. The molecule has 2 amide bonds. The van der Waals surface area contributed by atoms with Crippen LogP contribution in [0.25, 0.3) is 5.69 Å². The van der Waals surface area contributed by atoms with Crippen LogP contribution in [-0.4, -0.2) is 21.6 Å². The number of halogens is 1. The molecule has 0 unspecified atom stereocenters. The molecule has 24 heavy (non-hydrogen) atoms. The number of carbonyl (C=O) groups is 2. The average Bonchev–Trinajstić information content (AvgIpc) is 3.05. The zero-order valence-corrected chi connectivity index (χ0v) is 12.4. The highest BCUT2D eigenvalue weighted by Crippen LogP contribution is 2.14. The highest BCUT2D eigenvalue weighted by Gasteiger charge is 2.12. The van der Waals surface area contributed by atoms with Crippen LogP contribution >= 0.6 is 0 Å². The molecule has 2 aromatic carbocycles. The SMILES string of the molecule is NC(=O)c1cccc(NC(=O)c2ccn(-c3ccccc3F)n2)c1. The van der Waals surface area contributed by atoms with Crippen LogP contribution in [0.1, 0.15) is 20.8 Å². The van der Waals surface area contributed by atoms with Crippen LogP contribution in [0.2, 0.25) is 0 Å². The second-order valence-electron chi connectivity index (χ2n) is 5.00. The molecule has 1 aromatic heterocycles. The number of nitrogens with one attached hydrogen (secondary N) is 1. The fourth-order valence-corrected chi connectivity index (χ4v) is 2.16. The second-order valence-corrected chi connectivity index (χ2v) is 5.00. The van der Waals surface area contributed by atoms with Crippen molar-refractivity contribution in [1.29, 1.82) is 0 Å². The Labute approximate surface area is 136 Å². The maximum Gasteiger partial charge on any atom is 0.276 e. The lowest BCUT2D eigenvalue weighted by Crippen LogP contribution is -2.15. The quantitative estimate of drug-likeness (QED) is 0.772. The van der Waals surface area contributed by atoms with Gasteiger partial charge in [0.15, 0.2) is 5.69 Å². The number of primary amides is 1. The van der Waals surface area contributed by atoms with E-state index in [0.717, 1.165) is 0 Å². The van der Waals surface area contributed by atoms with Gasteiger partial charge in [0, 0.05) is 17.4 Å². The standard InChI is InChI=1S/C17H13FN4O2/c18-13-6-1-2-7-15(13)22-9-8-14(21-22)17(24)20-12-5-3-4-11(10-12)16(19)23/h1-10H,(H2,19,23)(H,20,24). The van der Waals surface area contributed by atoms with Crippen molar-refractivity contribution < 1.29 is 14.0 Å². The molecular formula is C17H13FN4O2. The Bertz CT molecular complexity index is 920. The van der Waals surface area contributed by atoms with Gasteiger partial charge in [-0.25, -0.2) is 9.07 Å². The topological polar surface area (TPSA) is 90.0 Å². The van der Waals surface area contributed by atoms with Crippen LogP contribution < -0.4 is 11.1 Å². The minimum absolute atomic E-state index is 0.114. The fourth-order valence-electron chi connectivity index (χ4n) is 2.16. The first-order chi connectivity index (χ1) is 11.5. The van der Waals surface area contributed by atoms with E-state index in [1.165, 1.54) is 29.1 Å². The average molecular weight is 324 g/mol. The molecule has 6 nitrogen and oxygen atoms in total. The maximum atomic E-state index is 13.7. The first-order valence-electron chi connectivity index (χ1n) is 7.06. The predicted molar refractivity (Wildman–Crippen MR) is 86.4 cm³/mol. The number of amides is 2. The van der Waals surface area contributed by atoms with Gasteiger partial charge in [-0.15, -0.1) is 0 Å². The molecular weight excluding hydrogens is 311 g/mol. The molecule has 0 spiro atoms. The number of para-hydroxylation sites is 1. The third-order valence-electron chi connectivity index (χ3n) is 3.33. The molecule has 0 saturated carbocycles. The second kappa shape index (κ2) is 6.33. The molecule has 0 aliphatic rings. The number of carbonyl (C=O) groups excluding carboxylic acids is 2. The summed E-state index contributed by atoms with van der Waals surface area (Å²) in [6, 6.07) is 13.8. The van der Waals surface area contributed by atoms with Gasteiger partial charge in [0.25, 0.3) is 5.91 Å². The summed E-state index contributed by atoms with van der Waals surface area (Å²) >= 11 is 0. The van der Waals surface area contributed by atoms with Crippen molar-refractivity contribution >= 4 is 17.5 Å². The van der Waals surface area contributed by atoms with Gasteiger partial charge in [0.1, 0.15) is 11.5 Å². The summed E-state index contributed by atoms with van der Waals surface area (Å²) in [5.41, 5.74) is 6.26. The van der Waals surface area contributed by atoms with E-state index in [4.69, 9.17) is 5.73 Å². The minimum atomic E-state index is -0.588. The highest BCUT2D eigenvalue weighted by molar-refractivity contribution is 6.03. The third-order valence-corrected chi connectivity index (χ3v) is 3.33. The number of anilines is 1. The highest BCUT2D eigenvalue weighted by atomic mass is 19.1. The summed E-state index contributed by atoms with van der Waals surface area (Å²) in [5, 5.41) is 6.68. The monoisotopic (exact) mass is 324 g/mol. The van der Waals surface area contributed by atoms with Crippen molar-refractivity contribution in [2.45, 2.75) is 0 Å². The zero-order valence-electron chi connectivity index (χ0n) is 12.4. The van der Waals surface area contributed by atoms with E-state index in [-0.39, 0.29) is 16.9 Å². The van der Waals surface area contributed by atoms with Gasteiger partial charge >= 0.3 is 0 Å². The van der Waals surface area contributed by atoms with Crippen molar-refractivity contribution in [2.24, 2.45) is 5.73 Å². The Morgan fingerprint density at radius 1 is 1.08 bits per heavy atom. The first kappa shape index (κ1) is 15.4. The van der Waals surface area contributed by atoms with Crippen molar-refractivity contribution in [3.63, 3.8) is 0 Å².